The molecule has 30 heteroatoms. The van der Waals surface area contributed by atoms with Gasteiger partial charge in [0.1, 0.15) is 57.2 Å². The van der Waals surface area contributed by atoms with Gasteiger partial charge in [0, 0.05) is 137 Å². The fraction of sp³-hybridized carbons (Fsp3) is 0.270. The van der Waals surface area contributed by atoms with Crippen LogP contribution in [0.25, 0.3) is 0 Å². The minimum absolute atomic E-state index is 0.0660. The number of aromatic nitrogens is 11. The van der Waals surface area contributed by atoms with Crippen LogP contribution in [0, 0.1) is 5.92 Å². The summed E-state index contributed by atoms with van der Waals surface area (Å²) in [5.41, 5.74) is 8.24. The van der Waals surface area contributed by atoms with Crippen molar-refractivity contribution in [1.29, 1.82) is 0 Å². The summed E-state index contributed by atoms with van der Waals surface area (Å²) in [7, 11) is 2.68. The van der Waals surface area contributed by atoms with Gasteiger partial charge >= 0.3 is 17.9 Å². The fourth-order valence-electron chi connectivity index (χ4n) is 15.4. The number of carbonyl (C=O) groups excluding carboxylic acids is 6. The molecule has 668 valence electrons. The Morgan fingerprint density at radius 1 is 0.438 bits per heavy atom. The number of cyclic esters (lactones) is 1. The van der Waals surface area contributed by atoms with Crippen LogP contribution < -0.4 is 16.7 Å². The first-order valence-corrected chi connectivity index (χ1v) is 43.2. The maximum Gasteiger partial charge on any atom is 0.356 e. The molecule has 5 aliphatic heterocycles. The van der Waals surface area contributed by atoms with Crippen molar-refractivity contribution in [1.82, 2.24) is 54.0 Å². The Morgan fingerprint density at radius 2 is 0.846 bits per heavy atom. The molecule has 0 saturated carbocycles. The highest BCUT2D eigenvalue weighted by molar-refractivity contribution is 6.29. The highest BCUT2D eigenvalue weighted by atomic mass is 35.5. The molecule has 2 N–H and O–H groups in total. The molecule has 13 aromatic rings. The summed E-state index contributed by atoms with van der Waals surface area (Å²) < 4.78 is 41.3. The summed E-state index contributed by atoms with van der Waals surface area (Å²) in [5, 5.41) is 9.42. The first kappa shape index (κ1) is 95.4. The second kappa shape index (κ2) is 47.4. The number of carbonyl (C=O) groups is 6. The fourth-order valence-corrected chi connectivity index (χ4v) is 15.7. The molecule has 16 heterocycles. The van der Waals surface area contributed by atoms with Gasteiger partial charge in [-0.3, -0.25) is 63.5 Å². The number of ketones is 3. The molecule has 0 aliphatic carbocycles. The molecule has 2 aromatic carbocycles. The van der Waals surface area contributed by atoms with Crippen LogP contribution in [0.4, 0.5) is 0 Å². The Morgan fingerprint density at radius 3 is 1.20 bits per heavy atom. The summed E-state index contributed by atoms with van der Waals surface area (Å²) in [6.07, 6.45) is 27.5. The average Bonchev–Trinajstić information content (AvgIpc) is 1.54. The maximum absolute atomic E-state index is 12.8. The molecular weight excluding hydrogens is 1700 g/mol. The largest absolute Gasteiger partial charge is 0.465 e. The lowest BCUT2D eigenvalue weighted by Crippen LogP contribution is -2.31. The minimum atomic E-state index is -0.675. The Kier molecular flexibility index (Phi) is 34.8. The molecule has 0 radical (unpaired) electrons. The first-order chi connectivity index (χ1) is 63.3. The predicted octanol–water partition coefficient (Wildman–Crippen LogP) is 14.6. The van der Waals surface area contributed by atoms with E-state index in [1.165, 1.54) is 20.4 Å². The molecule has 18 rings (SSSR count). The predicted molar refractivity (Wildman–Crippen MR) is 484 cm³/mol. The van der Waals surface area contributed by atoms with E-state index in [1.807, 2.05) is 115 Å². The van der Waals surface area contributed by atoms with Gasteiger partial charge in [-0.1, -0.05) is 90.5 Å². The monoisotopic (exact) mass is 1790 g/mol. The smallest absolute Gasteiger partial charge is 0.356 e. The third kappa shape index (κ3) is 24.6. The van der Waals surface area contributed by atoms with Gasteiger partial charge in [0.05, 0.1) is 62.3 Å². The van der Waals surface area contributed by atoms with Crippen LogP contribution in [-0.2, 0) is 73.4 Å². The van der Waals surface area contributed by atoms with E-state index in [1.54, 1.807) is 180 Å². The van der Waals surface area contributed by atoms with Crippen LogP contribution in [0.1, 0.15) is 179 Å². The number of hydrogen-bond donors (Lipinski definition) is 2. The van der Waals surface area contributed by atoms with E-state index in [2.05, 4.69) is 49.6 Å². The third-order valence-electron chi connectivity index (χ3n) is 22.0. The quantitative estimate of drug-likeness (QED) is 0.0159. The summed E-state index contributed by atoms with van der Waals surface area (Å²) in [5.74, 6) is -1.84. The zero-order valence-corrected chi connectivity index (χ0v) is 73.2. The van der Waals surface area contributed by atoms with Crippen molar-refractivity contribution in [2.24, 2.45) is 5.92 Å². The second-order valence-electron chi connectivity index (χ2n) is 30.2. The third-order valence-corrected chi connectivity index (χ3v) is 22.5. The number of methoxy groups -OCH3 is 2. The number of rotatable bonds is 22. The molecule has 5 unspecified atom stereocenters. The van der Waals surface area contributed by atoms with E-state index in [0.717, 1.165) is 121 Å². The Balaban J connectivity index is 0.000000142. The van der Waals surface area contributed by atoms with Gasteiger partial charge in [-0.25, -0.2) is 19.6 Å². The molecular formula is C100H97Cl2N11O17. The summed E-state index contributed by atoms with van der Waals surface area (Å²) in [6.45, 7) is 3.36. The number of nitrogens with zero attached hydrogens (tertiary/aromatic N) is 10. The summed E-state index contributed by atoms with van der Waals surface area (Å²) in [4.78, 5) is 141. The highest BCUT2D eigenvalue weighted by Crippen LogP contribution is 2.45. The van der Waals surface area contributed by atoms with E-state index >= 15 is 0 Å². The number of aliphatic hydroxyl groups excluding tert-OH is 1. The van der Waals surface area contributed by atoms with E-state index in [9.17, 15) is 43.2 Å². The number of aromatic amines is 1. The van der Waals surface area contributed by atoms with Gasteiger partial charge in [0.25, 0.3) is 11.1 Å². The number of nitrogens with one attached hydrogen (secondary N) is 1. The van der Waals surface area contributed by atoms with Crippen molar-refractivity contribution in [3.63, 3.8) is 0 Å². The highest BCUT2D eigenvalue weighted by Gasteiger charge is 2.44. The van der Waals surface area contributed by atoms with E-state index in [0.29, 0.717) is 91.6 Å². The maximum atomic E-state index is 12.8. The number of H-pyrrole nitrogens is 1. The van der Waals surface area contributed by atoms with Crippen LogP contribution >= 0.6 is 23.2 Å². The van der Waals surface area contributed by atoms with Crippen molar-refractivity contribution >= 4 is 58.5 Å². The lowest BCUT2D eigenvalue weighted by molar-refractivity contribution is -0.140. The number of Topliss-reactive ketones (excluding diaryl/α,β-unsaturated/α-hetero) is 3. The molecule has 5 aliphatic rings. The van der Waals surface area contributed by atoms with Crippen molar-refractivity contribution < 1.29 is 67.0 Å². The molecule has 11 aromatic heterocycles. The van der Waals surface area contributed by atoms with Crippen LogP contribution in [0.2, 0.25) is 5.15 Å². The van der Waals surface area contributed by atoms with E-state index in [4.69, 9.17) is 56.7 Å². The molecule has 0 spiro atoms. The van der Waals surface area contributed by atoms with Crippen LogP contribution in [0.3, 0.4) is 0 Å². The van der Waals surface area contributed by atoms with Crippen LogP contribution in [0.15, 0.2) is 307 Å². The Bertz CT molecular complexity index is 5860. The van der Waals surface area contributed by atoms with Gasteiger partial charge in [0.2, 0.25) is 5.56 Å². The van der Waals surface area contributed by atoms with E-state index in [-0.39, 0.29) is 40.0 Å². The lowest BCUT2D eigenvalue weighted by Gasteiger charge is -2.28. The molecule has 5 atom stereocenters. The van der Waals surface area contributed by atoms with Crippen LogP contribution in [0.5, 0.6) is 0 Å². The molecule has 0 bridgehead atoms. The first-order valence-electron chi connectivity index (χ1n) is 42.3. The molecule has 28 nitrogen and oxygen atoms in total. The van der Waals surface area contributed by atoms with Gasteiger partial charge in [-0.15, -0.1) is 11.6 Å². The number of hydrogen-bond acceptors (Lipinski definition) is 25. The molecule has 0 amide bonds. The zero-order valence-electron chi connectivity index (χ0n) is 71.6. The minimum Gasteiger partial charge on any atom is -0.465 e. The Labute approximate surface area is 760 Å². The van der Waals surface area contributed by atoms with Gasteiger partial charge in [0.15, 0.2) is 17.3 Å². The molecule has 130 heavy (non-hydrogen) atoms. The summed E-state index contributed by atoms with van der Waals surface area (Å²) in [6, 6.07) is 67.0. The second-order valence-corrected chi connectivity index (χ2v) is 31.0. The molecule has 5 saturated heterocycles. The number of halogens is 2. The average molecular weight is 1800 g/mol. The van der Waals surface area contributed by atoms with Crippen molar-refractivity contribution in [2.75, 3.05) is 59.7 Å². The number of benzene rings is 2. The number of aliphatic hydroxyl groups is 1. The lowest BCUT2D eigenvalue weighted by atomic mass is 9.87. The van der Waals surface area contributed by atoms with Crippen molar-refractivity contribution in [2.45, 2.75) is 106 Å². The number of ether oxygens (including phenoxy) is 7. The molecule has 5 fully saturated rings. The summed E-state index contributed by atoms with van der Waals surface area (Å²) >= 11 is 11.4. The van der Waals surface area contributed by atoms with Crippen LogP contribution in [-0.4, -0.2) is 154 Å². The SMILES string of the molecule is COC(=O)c1ccc(Cn2ccc(C3(c4ccccn4)CCCO3)cc2=O)cc1.COC(=O)c1ccccn1.Clc1cc(C2(c3ccccn3)CCCO2)ccn1.O=C(CCCCl)c1ccccn1.O=C(CO)c1ccc(Cn2ccc(C3(c4ccccn4)CCCO3)cc2=O)cc1.O=C1OCCC1C(=O)c1ccccn1.O=c1cc(C2(c3ccccn3)CCCO2)cc[nH]1. The number of esters is 3. The zero-order chi connectivity index (χ0) is 91.6. The van der Waals surface area contributed by atoms with Crippen molar-refractivity contribution in [3.05, 3.63) is 413 Å². The number of pyridine rings is 11. The Hall–Kier alpha value is -13.7. The topological polar surface area (TPSA) is 367 Å². The standard InChI is InChI=1S/2C23H22N2O4.C14H13ClN2O.C14H14N2O2.C10H9NO3.C9H10ClNO.C7H7NO2/c1-28-22(27)18-8-6-17(7-9-18)16-25-13-10-19(15-21(25)26)23(11-4-14-29-23)20-5-2-3-12-24-20;26-16-20(27)18-7-5-17(6-8-18)15-25-12-9-19(14-22(25)28)23(10-3-13-29-23)21-4-1-2-11-24-21;15-13-10-11(5-8-17-13)14(6-3-9-18-14)12-4-1-2-7-16-12;17-13-10-11(5-8-16-13)14(6-3-9-18-14)12-4-1-2-7-15-12;12-9(7-4-6-14-10(7)13)8-3-1-2-5-11-8;10-6-3-5-9(12)8-4-1-2-7-11-8;1-10-7(9)6-4-2-3-5-8-6/h2-3,5-10,12-13,15H,4,11,14,16H2,1H3;1-2,4-9,11-12,14,26H,3,10,13,15-16H2;1-2,4-5,7-8,10H,3,6,9H2;1-2,4-5,7-8,10H,3,6,9H2,(H,16,17);1-3,5,7H,4,6H2;1-2,4,7H,3,5-6H2;2-5H,1H3. The van der Waals surface area contributed by atoms with Gasteiger partial charge in [-0.2, -0.15) is 0 Å². The van der Waals surface area contributed by atoms with Crippen molar-refractivity contribution in [3.8, 4) is 0 Å². The number of alkyl halides is 1. The normalized spacial score (nSPS) is 18.5. The van der Waals surface area contributed by atoms with Gasteiger partial charge in [-0.05, 0) is 219 Å². The van der Waals surface area contributed by atoms with E-state index < -0.39 is 46.9 Å². The van der Waals surface area contributed by atoms with Gasteiger partial charge < -0.3 is 52.4 Å².